The first kappa shape index (κ1) is 17.6. The zero-order valence-corrected chi connectivity index (χ0v) is 14.4. The number of aliphatic hydroxyl groups is 1. The minimum atomic E-state index is -0.536. The number of aliphatic hydroxyl groups excluding tert-OH is 1. The van der Waals surface area contributed by atoms with Crippen LogP contribution in [0.5, 0.6) is 0 Å². The number of benzene rings is 2. The van der Waals surface area contributed by atoms with E-state index in [1.807, 2.05) is 31.2 Å². The highest BCUT2D eigenvalue weighted by Gasteiger charge is 2.23. The van der Waals surface area contributed by atoms with Crippen LogP contribution in [0.15, 0.2) is 48.5 Å². The lowest BCUT2D eigenvalue weighted by Gasteiger charge is -2.35. The van der Waals surface area contributed by atoms with Crippen LogP contribution in [-0.4, -0.2) is 53.5 Å². The molecule has 132 valence electrons. The smallest absolute Gasteiger partial charge is 0.254 e. The molecule has 0 aliphatic carbocycles. The van der Waals surface area contributed by atoms with Gasteiger partial charge in [-0.25, -0.2) is 4.39 Å². The molecule has 0 spiro atoms. The van der Waals surface area contributed by atoms with Gasteiger partial charge in [0.05, 0.1) is 6.10 Å². The predicted molar refractivity (Wildman–Crippen MR) is 94.9 cm³/mol. The average molecular weight is 342 g/mol. The summed E-state index contributed by atoms with van der Waals surface area (Å²) in [6.07, 6.45) is -0.536. The van der Waals surface area contributed by atoms with Gasteiger partial charge in [-0.15, -0.1) is 0 Å². The summed E-state index contributed by atoms with van der Waals surface area (Å²) in [6.45, 7) is 5.12. The Balaban J connectivity index is 1.53. The summed E-state index contributed by atoms with van der Waals surface area (Å²) in [7, 11) is 0. The molecule has 1 atom stereocenters. The van der Waals surface area contributed by atoms with Crippen LogP contribution < -0.4 is 0 Å². The lowest BCUT2D eigenvalue weighted by molar-refractivity contribution is 0.0527. The maximum atomic E-state index is 13.3. The molecule has 1 unspecified atom stereocenters. The summed E-state index contributed by atoms with van der Waals surface area (Å²) < 4.78 is 13.3. The first-order chi connectivity index (χ1) is 12.0. The number of rotatable bonds is 4. The van der Waals surface area contributed by atoms with E-state index in [9.17, 15) is 14.3 Å². The Morgan fingerprint density at radius 2 is 1.80 bits per heavy atom. The van der Waals surface area contributed by atoms with Gasteiger partial charge in [-0.1, -0.05) is 35.9 Å². The van der Waals surface area contributed by atoms with Crippen molar-refractivity contribution in [2.24, 2.45) is 0 Å². The summed E-state index contributed by atoms with van der Waals surface area (Å²) in [5.41, 5.74) is 2.46. The van der Waals surface area contributed by atoms with Crippen molar-refractivity contribution in [2.75, 3.05) is 32.7 Å². The molecule has 1 saturated heterocycles. The molecular weight excluding hydrogens is 319 g/mol. The van der Waals surface area contributed by atoms with Gasteiger partial charge in [0.2, 0.25) is 0 Å². The molecule has 0 radical (unpaired) electrons. The second-order valence-corrected chi connectivity index (χ2v) is 6.53. The number of aryl methyl sites for hydroxylation is 1. The van der Waals surface area contributed by atoms with Crippen LogP contribution in [0.2, 0.25) is 0 Å². The van der Waals surface area contributed by atoms with Gasteiger partial charge in [0.15, 0.2) is 0 Å². The van der Waals surface area contributed by atoms with Gasteiger partial charge in [0.25, 0.3) is 5.91 Å². The molecule has 1 amide bonds. The number of amides is 1. The van der Waals surface area contributed by atoms with E-state index in [2.05, 4.69) is 4.90 Å². The minimum Gasteiger partial charge on any atom is -0.387 e. The molecule has 2 aromatic carbocycles. The number of hydrogen-bond donors (Lipinski definition) is 1. The van der Waals surface area contributed by atoms with Crippen molar-refractivity contribution in [1.82, 2.24) is 9.80 Å². The zero-order valence-electron chi connectivity index (χ0n) is 14.4. The van der Waals surface area contributed by atoms with Gasteiger partial charge < -0.3 is 10.0 Å². The SMILES string of the molecule is Cc1ccc(C(O)CN2CCN(C(=O)c3cccc(F)c3)CC2)cc1. The third-order valence-electron chi connectivity index (χ3n) is 4.62. The lowest BCUT2D eigenvalue weighted by Crippen LogP contribution is -2.49. The van der Waals surface area contributed by atoms with Gasteiger partial charge in [0, 0.05) is 38.3 Å². The number of hydrogen-bond acceptors (Lipinski definition) is 3. The summed E-state index contributed by atoms with van der Waals surface area (Å²) in [5, 5.41) is 10.4. The molecule has 4 nitrogen and oxygen atoms in total. The van der Waals surface area contributed by atoms with Gasteiger partial charge in [0.1, 0.15) is 5.82 Å². The average Bonchev–Trinajstić information content (AvgIpc) is 2.62. The largest absolute Gasteiger partial charge is 0.387 e. The lowest BCUT2D eigenvalue weighted by atomic mass is 10.1. The molecular formula is C20H23FN2O2. The van der Waals surface area contributed by atoms with E-state index in [-0.39, 0.29) is 5.91 Å². The molecule has 1 aliphatic rings. The van der Waals surface area contributed by atoms with E-state index < -0.39 is 11.9 Å². The van der Waals surface area contributed by atoms with E-state index in [1.165, 1.54) is 17.7 Å². The second kappa shape index (κ2) is 7.76. The van der Waals surface area contributed by atoms with E-state index in [0.29, 0.717) is 38.3 Å². The number of carbonyl (C=O) groups excluding carboxylic acids is 1. The third kappa shape index (κ3) is 4.44. The number of nitrogens with zero attached hydrogens (tertiary/aromatic N) is 2. The van der Waals surface area contributed by atoms with E-state index >= 15 is 0 Å². The van der Waals surface area contributed by atoms with Gasteiger partial charge in [-0.2, -0.15) is 0 Å². The fraction of sp³-hybridized carbons (Fsp3) is 0.350. The van der Waals surface area contributed by atoms with Crippen LogP contribution in [0, 0.1) is 12.7 Å². The molecule has 25 heavy (non-hydrogen) atoms. The molecule has 1 aliphatic heterocycles. The maximum Gasteiger partial charge on any atom is 0.254 e. The number of β-amino-alcohol motifs (C(OH)–C–C–N with tert-alkyl or cyclic N) is 1. The normalized spacial score (nSPS) is 16.7. The Bertz CT molecular complexity index is 725. The highest BCUT2D eigenvalue weighted by atomic mass is 19.1. The van der Waals surface area contributed by atoms with Crippen LogP contribution in [0.4, 0.5) is 4.39 Å². The summed E-state index contributed by atoms with van der Waals surface area (Å²) in [4.78, 5) is 16.3. The van der Waals surface area contributed by atoms with Crippen molar-refractivity contribution in [2.45, 2.75) is 13.0 Å². The van der Waals surface area contributed by atoms with Crippen molar-refractivity contribution in [1.29, 1.82) is 0 Å². The quantitative estimate of drug-likeness (QED) is 0.929. The van der Waals surface area contributed by atoms with Crippen molar-refractivity contribution in [3.8, 4) is 0 Å². The van der Waals surface area contributed by atoms with E-state index in [0.717, 1.165) is 5.56 Å². The fourth-order valence-corrected chi connectivity index (χ4v) is 3.08. The fourth-order valence-electron chi connectivity index (χ4n) is 3.08. The van der Waals surface area contributed by atoms with E-state index in [4.69, 9.17) is 0 Å². The third-order valence-corrected chi connectivity index (χ3v) is 4.62. The van der Waals surface area contributed by atoms with Crippen LogP contribution >= 0.6 is 0 Å². The molecule has 1 heterocycles. The standard InChI is InChI=1S/C20H23FN2O2/c1-15-5-7-16(8-6-15)19(24)14-22-9-11-23(12-10-22)20(25)17-3-2-4-18(21)13-17/h2-8,13,19,24H,9-12,14H2,1H3. The zero-order chi connectivity index (χ0) is 17.8. The van der Waals surface area contributed by atoms with Crippen LogP contribution in [0.3, 0.4) is 0 Å². The van der Waals surface area contributed by atoms with Crippen molar-refractivity contribution < 1.29 is 14.3 Å². The topological polar surface area (TPSA) is 43.8 Å². The molecule has 0 saturated carbocycles. The van der Waals surface area contributed by atoms with Crippen molar-refractivity contribution in [3.05, 3.63) is 71.0 Å². The Labute approximate surface area is 147 Å². The van der Waals surface area contributed by atoms with Crippen LogP contribution in [0.25, 0.3) is 0 Å². The van der Waals surface area contributed by atoms with Gasteiger partial charge in [-0.3, -0.25) is 9.69 Å². The first-order valence-electron chi connectivity index (χ1n) is 8.55. The monoisotopic (exact) mass is 342 g/mol. The molecule has 1 fully saturated rings. The highest BCUT2D eigenvalue weighted by molar-refractivity contribution is 5.94. The molecule has 0 aromatic heterocycles. The summed E-state index contributed by atoms with van der Waals surface area (Å²) in [5.74, 6) is -0.538. The van der Waals surface area contributed by atoms with E-state index in [1.54, 1.807) is 17.0 Å². The minimum absolute atomic E-state index is 0.141. The van der Waals surface area contributed by atoms with Crippen LogP contribution in [0.1, 0.15) is 27.6 Å². The molecule has 2 aromatic rings. The van der Waals surface area contributed by atoms with Gasteiger partial charge >= 0.3 is 0 Å². The summed E-state index contributed by atoms with van der Waals surface area (Å²) >= 11 is 0. The summed E-state index contributed by atoms with van der Waals surface area (Å²) in [6, 6.07) is 13.7. The molecule has 1 N–H and O–H groups in total. The Kier molecular flexibility index (Phi) is 5.46. The number of piperazine rings is 1. The Morgan fingerprint density at radius 3 is 2.44 bits per heavy atom. The Hall–Kier alpha value is -2.24. The number of halogens is 1. The Morgan fingerprint density at radius 1 is 1.12 bits per heavy atom. The number of carbonyl (C=O) groups is 1. The van der Waals surface area contributed by atoms with Gasteiger partial charge in [-0.05, 0) is 30.7 Å². The molecule has 5 heteroatoms. The first-order valence-corrected chi connectivity index (χ1v) is 8.55. The second-order valence-electron chi connectivity index (χ2n) is 6.53. The van der Waals surface area contributed by atoms with Crippen molar-refractivity contribution in [3.63, 3.8) is 0 Å². The highest BCUT2D eigenvalue weighted by Crippen LogP contribution is 2.17. The molecule has 3 rings (SSSR count). The predicted octanol–water partition coefficient (Wildman–Crippen LogP) is 2.63. The van der Waals surface area contributed by atoms with Crippen molar-refractivity contribution >= 4 is 5.91 Å². The maximum absolute atomic E-state index is 13.3. The van der Waals surface area contributed by atoms with Crippen LogP contribution in [-0.2, 0) is 0 Å². The molecule has 0 bridgehead atoms.